The summed E-state index contributed by atoms with van der Waals surface area (Å²) in [6.45, 7) is 2.62. The van der Waals surface area contributed by atoms with E-state index in [9.17, 15) is 9.59 Å². The molecule has 2 aromatic rings. The molecule has 2 N–H and O–H groups in total. The zero-order valence-corrected chi connectivity index (χ0v) is 13.1. The number of hydrogen-bond donors (Lipinski definition) is 2. The van der Waals surface area contributed by atoms with Gasteiger partial charge in [0, 0.05) is 15.8 Å². The zero-order valence-electron chi connectivity index (χ0n) is 11.5. The number of thiophene rings is 2. The van der Waals surface area contributed by atoms with Gasteiger partial charge in [-0.05, 0) is 41.6 Å². The summed E-state index contributed by atoms with van der Waals surface area (Å²) in [6, 6.07) is 5.52. The first kappa shape index (κ1) is 15.5. The Morgan fingerprint density at radius 3 is 2.86 bits per heavy atom. The van der Waals surface area contributed by atoms with Crippen LogP contribution < -0.4 is 5.32 Å². The molecular weight excluding hydrogens is 306 g/mol. The first-order chi connectivity index (χ1) is 10.1. The van der Waals surface area contributed by atoms with Crippen LogP contribution in [0.4, 0.5) is 0 Å². The number of aryl methyl sites for hydroxylation is 1. The summed E-state index contributed by atoms with van der Waals surface area (Å²) >= 11 is 2.91. The Balaban J connectivity index is 1.96. The molecule has 0 aliphatic heterocycles. The van der Waals surface area contributed by atoms with E-state index in [1.165, 1.54) is 27.9 Å². The molecule has 110 valence electrons. The van der Waals surface area contributed by atoms with Gasteiger partial charge in [0.15, 0.2) is 0 Å². The lowest BCUT2D eigenvalue weighted by molar-refractivity contribution is -0.131. The third-order valence-electron chi connectivity index (χ3n) is 2.87. The van der Waals surface area contributed by atoms with Crippen LogP contribution in [0.15, 0.2) is 29.7 Å². The van der Waals surface area contributed by atoms with Crippen molar-refractivity contribution in [1.29, 1.82) is 0 Å². The minimum atomic E-state index is -1.00. The second kappa shape index (κ2) is 7.19. The Kier molecular flexibility index (Phi) is 5.30. The van der Waals surface area contributed by atoms with Crippen molar-refractivity contribution in [2.45, 2.75) is 19.9 Å². The lowest BCUT2D eigenvalue weighted by atomic mass is 10.2. The van der Waals surface area contributed by atoms with Crippen molar-refractivity contribution in [2.75, 3.05) is 0 Å². The SMILES string of the molecule is CCc1ccsc1CNC(=O)c1ccc(/C=C/C(=O)O)s1. The van der Waals surface area contributed by atoms with Crippen LogP contribution in [0.3, 0.4) is 0 Å². The van der Waals surface area contributed by atoms with Crippen LogP contribution in [0.5, 0.6) is 0 Å². The van der Waals surface area contributed by atoms with Gasteiger partial charge in [-0.3, -0.25) is 4.79 Å². The second-order valence-corrected chi connectivity index (χ2v) is 6.39. The molecule has 1 amide bonds. The van der Waals surface area contributed by atoms with Crippen molar-refractivity contribution >= 4 is 40.6 Å². The lowest BCUT2D eigenvalue weighted by Crippen LogP contribution is -2.21. The highest BCUT2D eigenvalue weighted by atomic mass is 32.1. The summed E-state index contributed by atoms with van der Waals surface area (Å²) in [7, 11) is 0. The van der Waals surface area contributed by atoms with Gasteiger partial charge in [0.25, 0.3) is 5.91 Å². The molecule has 0 fully saturated rings. The Morgan fingerprint density at radius 1 is 1.33 bits per heavy atom. The molecule has 0 saturated heterocycles. The van der Waals surface area contributed by atoms with E-state index in [0.29, 0.717) is 11.4 Å². The van der Waals surface area contributed by atoms with Crippen LogP contribution in [0.1, 0.15) is 31.9 Å². The molecule has 2 rings (SSSR count). The normalized spacial score (nSPS) is 10.9. The van der Waals surface area contributed by atoms with Crippen molar-refractivity contribution in [3.63, 3.8) is 0 Å². The maximum Gasteiger partial charge on any atom is 0.328 e. The minimum absolute atomic E-state index is 0.134. The van der Waals surface area contributed by atoms with E-state index in [1.807, 2.05) is 5.38 Å². The van der Waals surface area contributed by atoms with E-state index in [2.05, 4.69) is 18.3 Å². The standard InChI is InChI=1S/C15H15NO3S2/c1-2-10-7-8-20-13(10)9-16-15(19)12-5-3-11(21-12)4-6-14(17)18/h3-8H,2,9H2,1H3,(H,16,19)(H,17,18)/b6-4+. The molecule has 0 spiro atoms. The lowest BCUT2D eigenvalue weighted by Gasteiger charge is -2.03. The largest absolute Gasteiger partial charge is 0.478 e. The van der Waals surface area contributed by atoms with Crippen LogP contribution in [0.2, 0.25) is 0 Å². The smallest absolute Gasteiger partial charge is 0.328 e. The molecule has 0 atom stereocenters. The van der Waals surface area contributed by atoms with E-state index < -0.39 is 5.97 Å². The number of amides is 1. The zero-order chi connectivity index (χ0) is 15.2. The van der Waals surface area contributed by atoms with Gasteiger partial charge in [-0.15, -0.1) is 22.7 Å². The highest BCUT2D eigenvalue weighted by molar-refractivity contribution is 7.14. The second-order valence-electron chi connectivity index (χ2n) is 4.28. The number of carbonyl (C=O) groups is 2. The number of hydrogen-bond acceptors (Lipinski definition) is 4. The Morgan fingerprint density at radius 2 is 2.14 bits per heavy atom. The first-order valence-corrected chi connectivity index (χ1v) is 8.14. The highest BCUT2D eigenvalue weighted by Gasteiger charge is 2.10. The predicted molar refractivity (Wildman–Crippen MR) is 85.9 cm³/mol. The van der Waals surface area contributed by atoms with Gasteiger partial charge >= 0.3 is 5.97 Å². The number of carboxylic acids is 1. The van der Waals surface area contributed by atoms with E-state index >= 15 is 0 Å². The van der Waals surface area contributed by atoms with E-state index in [-0.39, 0.29) is 5.91 Å². The molecule has 21 heavy (non-hydrogen) atoms. The maximum absolute atomic E-state index is 12.1. The fourth-order valence-electron chi connectivity index (χ4n) is 1.80. The topological polar surface area (TPSA) is 66.4 Å². The predicted octanol–water partition coefficient (Wildman–Crippen LogP) is 3.40. The third-order valence-corrected chi connectivity index (χ3v) is 4.88. The van der Waals surface area contributed by atoms with Crippen molar-refractivity contribution in [3.05, 3.63) is 49.9 Å². The van der Waals surface area contributed by atoms with Crippen molar-refractivity contribution in [1.82, 2.24) is 5.32 Å². The van der Waals surface area contributed by atoms with Gasteiger partial charge < -0.3 is 10.4 Å². The number of nitrogens with one attached hydrogen (secondary N) is 1. The van der Waals surface area contributed by atoms with Gasteiger partial charge in [-0.25, -0.2) is 4.79 Å². The molecule has 4 nitrogen and oxygen atoms in total. The molecule has 0 unspecified atom stereocenters. The summed E-state index contributed by atoms with van der Waals surface area (Å²) < 4.78 is 0. The fourth-order valence-corrected chi connectivity index (χ4v) is 3.55. The van der Waals surface area contributed by atoms with Crippen LogP contribution in [-0.2, 0) is 17.8 Å². The fraction of sp³-hybridized carbons (Fsp3) is 0.200. The van der Waals surface area contributed by atoms with Gasteiger partial charge in [-0.1, -0.05) is 6.92 Å². The summed E-state index contributed by atoms with van der Waals surface area (Å²) in [5.41, 5.74) is 1.26. The molecule has 0 saturated carbocycles. The van der Waals surface area contributed by atoms with Gasteiger partial charge in [0.2, 0.25) is 0 Å². The summed E-state index contributed by atoms with van der Waals surface area (Å²) in [5, 5.41) is 13.5. The minimum Gasteiger partial charge on any atom is -0.478 e. The molecule has 2 heterocycles. The van der Waals surface area contributed by atoms with Crippen LogP contribution in [-0.4, -0.2) is 17.0 Å². The molecule has 0 radical (unpaired) electrons. The number of carboxylic acid groups (broad SMARTS) is 1. The van der Waals surface area contributed by atoms with E-state index in [0.717, 1.165) is 17.4 Å². The van der Waals surface area contributed by atoms with E-state index in [4.69, 9.17) is 5.11 Å². The molecule has 2 aromatic heterocycles. The summed E-state index contributed by atoms with van der Waals surface area (Å²) in [6.07, 6.45) is 3.50. The molecule has 0 aromatic carbocycles. The van der Waals surface area contributed by atoms with E-state index in [1.54, 1.807) is 23.5 Å². The molecule has 0 aliphatic rings. The Bertz CT molecular complexity index is 670. The third kappa shape index (κ3) is 4.27. The Hall–Kier alpha value is -1.92. The first-order valence-electron chi connectivity index (χ1n) is 6.44. The summed E-state index contributed by atoms with van der Waals surface area (Å²) in [4.78, 5) is 25.0. The Labute approximate surface area is 130 Å². The number of aliphatic carboxylic acids is 1. The molecular formula is C15H15NO3S2. The molecule has 0 aliphatic carbocycles. The van der Waals surface area contributed by atoms with Crippen LogP contribution in [0, 0.1) is 0 Å². The van der Waals surface area contributed by atoms with Crippen molar-refractivity contribution in [3.8, 4) is 0 Å². The van der Waals surface area contributed by atoms with Gasteiger partial charge in [-0.2, -0.15) is 0 Å². The summed E-state index contributed by atoms with van der Waals surface area (Å²) in [5.74, 6) is -1.13. The molecule has 0 bridgehead atoms. The average Bonchev–Trinajstić information content (AvgIpc) is 3.11. The van der Waals surface area contributed by atoms with Crippen molar-refractivity contribution < 1.29 is 14.7 Å². The molecule has 6 heteroatoms. The highest BCUT2D eigenvalue weighted by Crippen LogP contribution is 2.20. The van der Waals surface area contributed by atoms with Gasteiger partial charge in [0.05, 0.1) is 11.4 Å². The van der Waals surface area contributed by atoms with Gasteiger partial charge in [0.1, 0.15) is 0 Å². The quantitative estimate of drug-likeness (QED) is 0.801. The average molecular weight is 321 g/mol. The van der Waals surface area contributed by atoms with Crippen LogP contribution >= 0.6 is 22.7 Å². The number of carbonyl (C=O) groups excluding carboxylic acids is 1. The monoisotopic (exact) mass is 321 g/mol. The van der Waals surface area contributed by atoms with Crippen molar-refractivity contribution in [2.24, 2.45) is 0 Å². The van der Waals surface area contributed by atoms with Crippen LogP contribution in [0.25, 0.3) is 6.08 Å². The number of rotatable bonds is 6. The maximum atomic E-state index is 12.1.